The van der Waals surface area contributed by atoms with Crippen molar-refractivity contribution < 1.29 is 0 Å². The van der Waals surface area contributed by atoms with Gasteiger partial charge in [0, 0.05) is 16.7 Å². The van der Waals surface area contributed by atoms with E-state index in [0.29, 0.717) is 49.2 Å². The van der Waals surface area contributed by atoms with Crippen LogP contribution in [-0.2, 0) is 0 Å². The van der Waals surface area contributed by atoms with E-state index in [1.807, 2.05) is 54.6 Å². The van der Waals surface area contributed by atoms with Gasteiger partial charge in [0.15, 0.2) is 17.5 Å². The number of benzene rings is 3. The van der Waals surface area contributed by atoms with Crippen LogP contribution in [0.5, 0.6) is 0 Å². The molecule has 27 heavy (non-hydrogen) atoms. The van der Waals surface area contributed by atoms with E-state index in [-0.39, 0.29) is 0 Å². The zero-order valence-corrected chi connectivity index (χ0v) is 16.2. The van der Waals surface area contributed by atoms with Crippen LogP contribution < -0.4 is 0 Å². The van der Waals surface area contributed by atoms with Crippen molar-refractivity contribution in [2.24, 2.45) is 0 Å². The molecule has 132 valence electrons. The van der Waals surface area contributed by atoms with Crippen molar-refractivity contribution in [3.8, 4) is 34.2 Å². The predicted molar refractivity (Wildman–Crippen MR) is 111 cm³/mol. The van der Waals surface area contributed by atoms with Gasteiger partial charge in [-0.15, -0.1) is 0 Å². The van der Waals surface area contributed by atoms with Gasteiger partial charge in [-0.2, -0.15) is 0 Å². The third-order valence-electron chi connectivity index (χ3n) is 3.98. The lowest BCUT2D eigenvalue weighted by Gasteiger charge is -2.10. The summed E-state index contributed by atoms with van der Waals surface area (Å²) in [5.41, 5.74) is 2.13. The lowest BCUT2D eigenvalue weighted by atomic mass is 10.1. The smallest absolute Gasteiger partial charge is 0.165 e. The van der Waals surface area contributed by atoms with Crippen LogP contribution in [0.2, 0.25) is 15.1 Å². The Kier molecular flexibility index (Phi) is 5.08. The minimum absolute atomic E-state index is 0.459. The first-order valence-electron chi connectivity index (χ1n) is 8.14. The molecule has 0 radical (unpaired) electrons. The van der Waals surface area contributed by atoms with Gasteiger partial charge in [0.1, 0.15) is 0 Å². The van der Waals surface area contributed by atoms with Crippen molar-refractivity contribution >= 4 is 34.8 Å². The van der Waals surface area contributed by atoms with Crippen LogP contribution in [-0.4, -0.2) is 15.0 Å². The average molecular weight is 413 g/mol. The van der Waals surface area contributed by atoms with E-state index < -0.39 is 0 Å². The molecule has 0 bridgehead atoms. The van der Waals surface area contributed by atoms with Crippen molar-refractivity contribution in [2.45, 2.75) is 0 Å². The molecule has 1 aromatic heterocycles. The summed E-state index contributed by atoms with van der Waals surface area (Å²) >= 11 is 19.1. The quantitative estimate of drug-likeness (QED) is 0.370. The fourth-order valence-electron chi connectivity index (χ4n) is 2.66. The molecular formula is C21H12Cl3N3. The SMILES string of the molecule is Clc1ccccc1-c1nc(-c2ccccc2Cl)nc(-c2ccccc2Cl)n1. The molecule has 0 saturated heterocycles. The summed E-state index contributed by atoms with van der Waals surface area (Å²) in [5, 5.41) is 1.66. The first-order valence-corrected chi connectivity index (χ1v) is 9.27. The highest BCUT2D eigenvalue weighted by Crippen LogP contribution is 2.32. The number of hydrogen-bond acceptors (Lipinski definition) is 3. The first-order chi connectivity index (χ1) is 13.1. The van der Waals surface area contributed by atoms with E-state index in [9.17, 15) is 0 Å². The molecule has 1 heterocycles. The third kappa shape index (κ3) is 3.67. The molecule has 6 heteroatoms. The van der Waals surface area contributed by atoms with Gasteiger partial charge in [-0.25, -0.2) is 15.0 Å². The molecule has 0 aliphatic carbocycles. The fourth-order valence-corrected chi connectivity index (χ4v) is 3.33. The highest BCUT2D eigenvalue weighted by atomic mass is 35.5. The standard InChI is InChI=1S/C21H12Cl3N3/c22-16-10-4-1-7-13(16)19-25-20(14-8-2-5-11-17(14)23)27-21(26-19)15-9-3-6-12-18(15)24/h1-12H. The molecule has 3 nitrogen and oxygen atoms in total. The van der Waals surface area contributed by atoms with Gasteiger partial charge in [-0.3, -0.25) is 0 Å². The molecule has 4 aromatic rings. The Balaban J connectivity index is 1.99. The molecule has 0 spiro atoms. The summed E-state index contributed by atoms with van der Waals surface area (Å²) in [6.07, 6.45) is 0. The highest BCUT2D eigenvalue weighted by molar-refractivity contribution is 6.34. The molecule has 3 aromatic carbocycles. The molecule has 0 amide bonds. The molecule has 0 fully saturated rings. The van der Waals surface area contributed by atoms with Crippen LogP contribution in [0.15, 0.2) is 72.8 Å². The third-order valence-corrected chi connectivity index (χ3v) is 4.97. The number of halogens is 3. The maximum atomic E-state index is 6.37. The second-order valence-corrected chi connectivity index (χ2v) is 6.97. The summed E-state index contributed by atoms with van der Waals surface area (Å²) < 4.78 is 0. The van der Waals surface area contributed by atoms with E-state index in [0.717, 1.165) is 0 Å². The second kappa shape index (κ2) is 7.65. The summed E-state index contributed by atoms with van der Waals surface area (Å²) in [7, 11) is 0. The minimum Gasteiger partial charge on any atom is -0.208 e. The summed E-state index contributed by atoms with van der Waals surface area (Å²) in [5.74, 6) is 1.38. The zero-order valence-electron chi connectivity index (χ0n) is 13.9. The molecule has 0 saturated carbocycles. The summed E-state index contributed by atoms with van der Waals surface area (Å²) in [6.45, 7) is 0. The Morgan fingerprint density at radius 2 is 0.667 bits per heavy atom. The average Bonchev–Trinajstić information content (AvgIpc) is 2.69. The van der Waals surface area contributed by atoms with Crippen LogP contribution >= 0.6 is 34.8 Å². The Bertz CT molecular complexity index is 975. The van der Waals surface area contributed by atoms with Gasteiger partial charge < -0.3 is 0 Å². The van der Waals surface area contributed by atoms with E-state index >= 15 is 0 Å². The lowest BCUT2D eigenvalue weighted by Crippen LogP contribution is -2.01. The van der Waals surface area contributed by atoms with Crippen molar-refractivity contribution in [1.29, 1.82) is 0 Å². The molecule has 0 aliphatic rings. The number of rotatable bonds is 3. The monoisotopic (exact) mass is 411 g/mol. The number of nitrogens with zero attached hydrogens (tertiary/aromatic N) is 3. The minimum atomic E-state index is 0.459. The molecular weight excluding hydrogens is 401 g/mol. The van der Waals surface area contributed by atoms with E-state index in [1.54, 1.807) is 18.2 Å². The topological polar surface area (TPSA) is 38.7 Å². The summed E-state index contributed by atoms with van der Waals surface area (Å²) in [6, 6.07) is 22.2. The largest absolute Gasteiger partial charge is 0.208 e. The highest BCUT2D eigenvalue weighted by Gasteiger charge is 2.16. The van der Waals surface area contributed by atoms with Gasteiger partial charge in [0.2, 0.25) is 0 Å². The first kappa shape index (κ1) is 17.9. The number of aromatic nitrogens is 3. The maximum Gasteiger partial charge on any atom is 0.165 e. The summed E-state index contributed by atoms with van der Waals surface area (Å²) in [4.78, 5) is 13.8. The molecule has 0 N–H and O–H groups in total. The van der Waals surface area contributed by atoms with Gasteiger partial charge in [-0.1, -0.05) is 71.2 Å². The Morgan fingerprint density at radius 3 is 0.926 bits per heavy atom. The van der Waals surface area contributed by atoms with Crippen LogP contribution in [0.25, 0.3) is 34.2 Å². The Labute approximate surface area is 171 Å². The van der Waals surface area contributed by atoms with Gasteiger partial charge >= 0.3 is 0 Å². The Hall–Kier alpha value is -2.46. The molecule has 0 unspecified atom stereocenters. The number of hydrogen-bond donors (Lipinski definition) is 0. The van der Waals surface area contributed by atoms with Crippen LogP contribution in [0.3, 0.4) is 0 Å². The second-order valence-electron chi connectivity index (χ2n) is 5.75. The van der Waals surface area contributed by atoms with Gasteiger partial charge in [0.25, 0.3) is 0 Å². The van der Waals surface area contributed by atoms with Crippen molar-refractivity contribution in [3.05, 3.63) is 87.9 Å². The van der Waals surface area contributed by atoms with Crippen LogP contribution in [0.1, 0.15) is 0 Å². The van der Waals surface area contributed by atoms with E-state index in [4.69, 9.17) is 34.8 Å². The molecule has 0 aliphatic heterocycles. The zero-order chi connectivity index (χ0) is 18.8. The fraction of sp³-hybridized carbons (Fsp3) is 0. The van der Waals surface area contributed by atoms with Gasteiger partial charge in [0.05, 0.1) is 15.1 Å². The van der Waals surface area contributed by atoms with Crippen molar-refractivity contribution in [3.63, 3.8) is 0 Å². The molecule has 0 atom stereocenters. The van der Waals surface area contributed by atoms with Crippen molar-refractivity contribution in [1.82, 2.24) is 15.0 Å². The van der Waals surface area contributed by atoms with Crippen molar-refractivity contribution in [2.75, 3.05) is 0 Å². The normalized spacial score (nSPS) is 10.8. The lowest BCUT2D eigenvalue weighted by molar-refractivity contribution is 1.07. The predicted octanol–water partition coefficient (Wildman–Crippen LogP) is 6.83. The van der Waals surface area contributed by atoms with E-state index in [2.05, 4.69) is 15.0 Å². The Morgan fingerprint density at radius 1 is 0.407 bits per heavy atom. The van der Waals surface area contributed by atoms with E-state index in [1.165, 1.54) is 0 Å². The van der Waals surface area contributed by atoms with Crippen LogP contribution in [0.4, 0.5) is 0 Å². The maximum absolute atomic E-state index is 6.37. The van der Waals surface area contributed by atoms with Crippen LogP contribution in [0, 0.1) is 0 Å². The van der Waals surface area contributed by atoms with Gasteiger partial charge in [-0.05, 0) is 36.4 Å². The molecule has 4 rings (SSSR count).